The van der Waals surface area contributed by atoms with Crippen LogP contribution in [0, 0.1) is 10.1 Å². The summed E-state index contributed by atoms with van der Waals surface area (Å²) < 4.78 is 30.7. The quantitative estimate of drug-likeness (QED) is 0.566. The molecule has 2 aromatic heterocycles. The summed E-state index contributed by atoms with van der Waals surface area (Å²) in [7, 11) is -3.51. The number of nitrogens with zero attached hydrogens (tertiary/aromatic N) is 5. The van der Waals surface area contributed by atoms with E-state index in [0.717, 1.165) is 0 Å². The van der Waals surface area contributed by atoms with Gasteiger partial charge in [0.1, 0.15) is 12.0 Å². The van der Waals surface area contributed by atoms with Crippen LogP contribution in [-0.4, -0.2) is 54.0 Å². The Labute approximate surface area is 137 Å². The normalized spacial score (nSPS) is 16.2. The van der Waals surface area contributed by atoms with Crippen molar-refractivity contribution in [2.45, 2.75) is 5.75 Å². The molecule has 0 bridgehead atoms. The Hall–Kier alpha value is -2.53. The number of piperazine rings is 1. The number of pyridine rings is 1. The lowest BCUT2D eigenvalue weighted by Gasteiger charge is -2.34. The maximum absolute atomic E-state index is 12.4. The van der Waals surface area contributed by atoms with E-state index < -0.39 is 14.9 Å². The highest BCUT2D eigenvalue weighted by Gasteiger charge is 2.30. The lowest BCUT2D eigenvalue weighted by atomic mass is 10.3. The van der Waals surface area contributed by atoms with Crippen molar-refractivity contribution in [2.75, 3.05) is 31.1 Å². The third kappa shape index (κ3) is 3.36. The van der Waals surface area contributed by atoms with Crippen molar-refractivity contribution in [3.63, 3.8) is 0 Å². The van der Waals surface area contributed by atoms with Gasteiger partial charge in [0.05, 0.1) is 10.6 Å². The van der Waals surface area contributed by atoms with Crippen molar-refractivity contribution in [2.24, 2.45) is 0 Å². The molecule has 0 radical (unpaired) electrons. The molecule has 0 amide bonds. The van der Waals surface area contributed by atoms with Crippen LogP contribution in [0.15, 0.2) is 35.2 Å². The van der Waals surface area contributed by atoms with Gasteiger partial charge in [-0.15, -0.1) is 0 Å². The SMILES string of the molecule is O=[N+]([O-])c1cccnc1N1CCN(S(=O)(=O)Cc2ccon2)CC1. The molecule has 0 aliphatic carbocycles. The molecule has 3 heterocycles. The molecule has 2 aromatic rings. The summed E-state index contributed by atoms with van der Waals surface area (Å²) >= 11 is 0. The van der Waals surface area contributed by atoms with Crippen LogP contribution in [-0.2, 0) is 15.8 Å². The largest absolute Gasteiger partial charge is 0.364 e. The van der Waals surface area contributed by atoms with E-state index in [1.54, 1.807) is 4.90 Å². The summed E-state index contributed by atoms with van der Waals surface area (Å²) in [6, 6.07) is 4.39. The Morgan fingerprint density at radius 2 is 2.00 bits per heavy atom. The molecule has 1 saturated heterocycles. The predicted molar refractivity (Wildman–Crippen MR) is 83.8 cm³/mol. The van der Waals surface area contributed by atoms with E-state index in [4.69, 9.17) is 0 Å². The molecule has 0 saturated carbocycles. The summed E-state index contributed by atoms with van der Waals surface area (Å²) in [4.78, 5) is 16.4. The molecular formula is C13H15N5O5S. The first-order valence-corrected chi connectivity index (χ1v) is 8.80. The van der Waals surface area contributed by atoms with Gasteiger partial charge in [-0.05, 0) is 6.07 Å². The molecule has 1 aliphatic heterocycles. The molecule has 0 atom stereocenters. The minimum absolute atomic E-state index is 0.0867. The number of sulfonamides is 1. The molecule has 10 nitrogen and oxygen atoms in total. The van der Waals surface area contributed by atoms with Crippen LogP contribution in [0.25, 0.3) is 0 Å². The molecule has 11 heteroatoms. The van der Waals surface area contributed by atoms with Gasteiger partial charge in [-0.25, -0.2) is 13.4 Å². The van der Waals surface area contributed by atoms with Crippen LogP contribution in [0.1, 0.15) is 5.69 Å². The van der Waals surface area contributed by atoms with Crippen molar-refractivity contribution < 1.29 is 17.9 Å². The predicted octanol–water partition coefficient (Wildman–Crippen LogP) is 0.630. The van der Waals surface area contributed by atoms with Crippen LogP contribution < -0.4 is 4.90 Å². The summed E-state index contributed by atoms with van der Waals surface area (Å²) in [5.74, 6) is 0.0313. The number of hydrogen-bond donors (Lipinski definition) is 0. The van der Waals surface area contributed by atoms with Crippen LogP contribution in [0.4, 0.5) is 11.5 Å². The first-order valence-electron chi connectivity index (χ1n) is 7.19. The summed E-state index contributed by atoms with van der Waals surface area (Å²) in [5, 5.41) is 14.7. The van der Waals surface area contributed by atoms with Crippen LogP contribution in [0.3, 0.4) is 0 Å². The fourth-order valence-corrected chi connectivity index (χ4v) is 3.97. The van der Waals surface area contributed by atoms with Crippen molar-refractivity contribution in [3.05, 3.63) is 46.5 Å². The molecule has 24 heavy (non-hydrogen) atoms. The standard InChI is InChI=1S/C13H15N5O5S/c19-18(20)12-2-1-4-14-13(12)16-5-7-17(8-6-16)24(21,22)10-11-3-9-23-15-11/h1-4,9H,5-8,10H2. The van der Waals surface area contributed by atoms with Crippen molar-refractivity contribution in [1.82, 2.24) is 14.4 Å². The zero-order valence-corrected chi connectivity index (χ0v) is 13.4. The topological polar surface area (TPSA) is 123 Å². The van der Waals surface area contributed by atoms with Gasteiger partial charge >= 0.3 is 5.69 Å². The second-order valence-corrected chi connectivity index (χ2v) is 7.21. The average molecular weight is 353 g/mol. The van der Waals surface area contributed by atoms with E-state index >= 15 is 0 Å². The molecule has 0 aromatic carbocycles. The van der Waals surface area contributed by atoms with Gasteiger partial charge in [-0.3, -0.25) is 10.1 Å². The van der Waals surface area contributed by atoms with E-state index in [-0.39, 0.29) is 30.3 Å². The number of rotatable bonds is 5. The second kappa shape index (κ2) is 6.53. The molecule has 0 N–H and O–H groups in total. The third-order valence-corrected chi connectivity index (χ3v) is 5.53. The van der Waals surface area contributed by atoms with E-state index in [9.17, 15) is 18.5 Å². The van der Waals surface area contributed by atoms with Gasteiger partial charge in [-0.1, -0.05) is 5.16 Å². The highest BCUT2D eigenvalue weighted by molar-refractivity contribution is 7.88. The Bertz CT molecular complexity index is 815. The minimum Gasteiger partial charge on any atom is -0.364 e. The summed E-state index contributed by atoms with van der Waals surface area (Å²) in [5.41, 5.74) is 0.259. The number of aromatic nitrogens is 2. The molecule has 1 fully saturated rings. The number of anilines is 1. The second-order valence-electron chi connectivity index (χ2n) is 5.24. The molecule has 128 valence electrons. The monoisotopic (exact) mass is 353 g/mol. The van der Waals surface area contributed by atoms with E-state index in [1.807, 2.05) is 0 Å². The number of hydrogen-bond acceptors (Lipinski definition) is 8. The van der Waals surface area contributed by atoms with Crippen molar-refractivity contribution >= 4 is 21.5 Å². The molecule has 1 aliphatic rings. The van der Waals surface area contributed by atoms with Crippen LogP contribution in [0.2, 0.25) is 0 Å². The van der Waals surface area contributed by atoms with Gasteiger partial charge in [0.15, 0.2) is 0 Å². The molecular weight excluding hydrogens is 338 g/mol. The summed E-state index contributed by atoms with van der Waals surface area (Å²) in [6.07, 6.45) is 2.80. The van der Waals surface area contributed by atoms with Crippen molar-refractivity contribution in [3.8, 4) is 0 Å². The van der Waals surface area contributed by atoms with Gasteiger partial charge in [0.2, 0.25) is 15.8 Å². The molecule has 3 rings (SSSR count). The Kier molecular flexibility index (Phi) is 4.44. The van der Waals surface area contributed by atoms with Crippen molar-refractivity contribution in [1.29, 1.82) is 0 Å². The first-order chi connectivity index (χ1) is 11.5. The highest BCUT2D eigenvalue weighted by atomic mass is 32.2. The van der Waals surface area contributed by atoms with E-state index in [1.165, 1.54) is 35.0 Å². The lowest BCUT2D eigenvalue weighted by Crippen LogP contribution is -2.49. The van der Waals surface area contributed by atoms with E-state index in [0.29, 0.717) is 18.8 Å². The molecule has 0 spiro atoms. The fraction of sp³-hybridized carbons (Fsp3) is 0.385. The van der Waals surface area contributed by atoms with E-state index in [2.05, 4.69) is 14.7 Å². The maximum Gasteiger partial charge on any atom is 0.311 e. The zero-order valence-electron chi connectivity index (χ0n) is 12.6. The zero-order chi connectivity index (χ0) is 17.2. The van der Waals surface area contributed by atoms with Crippen LogP contribution >= 0.6 is 0 Å². The van der Waals surface area contributed by atoms with Crippen LogP contribution in [0.5, 0.6) is 0 Å². The average Bonchev–Trinajstić information content (AvgIpc) is 3.07. The lowest BCUT2D eigenvalue weighted by molar-refractivity contribution is -0.384. The minimum atomic E-state index is -3.51. The van der Waals surface area contributed by atoms with Gasteiger partial charge < -0.3 is 9.42 Å². The fourth-order valence-electron chi connectivity index (χ4n) is 2.54. The Morgan fingerprint density at radius 1 is 1.25 bits per heavy atom. The molecule has 0 unspecified atom stereocenters. The Morgan fingerprint density at radius 3 is 2.62 bits per heavy atom. The Balaban J connectivity index is 1.69. The third-order valence-electron chi connectivity index (χ3n) is 3.72. The highest BCUT2D eigenvalue weighted by Crippen LogP contribution is 2.26. The summed E-state index contributed by atoms with van der Waals surface area (Å²) in [6.45, 7) is 1.12. The van der Waals surface area contributed by atoms with Gasteiger partial charge in [0, 0.05) is 44.5 Å². The first kappa shape index (κ1) is 16.3. The van der Waals surface area contributed by atoms with Gasteiger partial charge in [0.25, 0.3) is 0 Å². The number of nitro groups is 1. The maximum atomic E-state index is 12.4. The van der Waals surface area contributed by atoms with Gasteiger partial charge in [-0.2, -0.15) is 4.31 Å². The smallest absolute Gasteiger partial charge is 0.311 e.